The van der Waals surface area contributed by atoms with Crippen LogP contribution in [0.5, 0.6) is 0 Å². The first-order chi connectivity index (χ1) is 15.1. The summed E-state index contributed by atoms with van der Waals surface area (Å²) in [6.07, 6.45) is 1.87. The molecule has 0 bridgehead atoms. The van der Waals surface area contributed by atoms with Crippen molar-refractivity contribution in [1.29, 1.82) is 0 Å². The molecule has 0 radical (unpaired) electrons. The van der Waals surface area contributed by atoms with Gasteiger partial charge in [-0.15, -0.1) is 0 Å². The minimum Gasteiger partial charge on any atom is -0.326 e. The monoisotopic (exact) mass is 461 g/mol. The summed E-state index contributed by atoms with van der Waals surface area (Å²) < 4.78 is 29.5. The number of nitrogens with one attached hydrogen (secondary N) is 2. The van der Waals surface area contributed by atoms with E-state index in [0.717, 1.165) is 12.8 Å². The third-order valence-corrected chi connectivity index (χ3v) is 7.85. The molecular formula is C22H31N5O4S. The van der Waals surface area contributed by atoms with Gasteiger partial charge in [0.1, 0.15) is 4.90 Å². The Bertz CT molecular complexity index is 1080. The SMILES string of the molecule is CC(=O)Nc1ccc(NC(=O)CCn2nc(C)c(S(=O)(=O)N3CCC(C)CC3)c2C)cc1. The van der Waals surface area contributed by atoms with Crippen molar-refractivity contribution in [1.82, 2.24) is 14.1 Å². The van der Waals surface area contributed by atoms with Crippen LogP contribution < -0.4 is 10.6 Å². The second-order valence-corrected chi connectivity index (χ2v) is 10.2. The number of benzene rings is 1. The minimum atomic E-state index is -3.61. The predicted octanol–water partition coefficient (Wildman–Crippen LogP) is 2.91. The Morgan fingerprint density at radius 2 is 1.62 bits per heavy atom. The zero-order chi connectivity index (χ0) is 23.5. The molecule has 1 saturated heterocycles. The first kappa shape index (κ1) is 23.9. The highest BCUT2D eigenvalue weighted by Crippen LogP contribution is 2.27. The summed E-state index contributed by atoms with van der Waals surface area (Å²) in [5.41, 5.74) is 2.26. The van der Waals surface area contributed by atoms with Crippen molar-refractivity contribution in [2.75, 3.05) is 23.7 Å². The molecule has 0 aliphatic carbocycles. The van der Waals surface area contributed by atoms with E-state index in [1.54, 1.807) is 47.1 Å². The van der Waals surface area contributed by atoms with E-state index in [1.165, 1.54) is 6.92 Å². The van der Waals surface area contributed by atoms with Gasteiger partial charge in [0.2, 0.25) is 21.8 Å². The van der Waals surface area contributed by atoms with Crippen LogP contribution in [0.15, 0.2) is 29.2 Å². The molecule has 0 spiro atoms. The van der Waals surface area contributed by atoms with E-state index < -0.39 is 10.0 Å². The molecule has 2 aromatic rings. The van der Waals surface area contributed by atoms with Gasteiger partial charge < -0.3 is 10.6 Å². The molecular weight excluding hydrogens is 430 g/mol. The van der Waals surface area contributed by atoms with E-state index >= 15 is 0 Å². The van der Waals surface area contributed by atoms with Gasteiger partial charge in [-0.25, -0.2) is 8.42 Å². The predicted molar refractivity (Wildman–Crippen MR) is 123 cm³/mol. The number of hydrogen-bond acceptors (Lipinski definition) is 5. The molecule has 0 unspecified atom stereocenters. The van der Waals surface area contributed by atoms with Crippen LogP contribution in [0.3, 0.4) is 0 Å². The Hall–Kier alpha value is -2.72. The second kappa shape index (κ2) is 9.83. The number of aryl methyl sites for hydroxylation is 2. The first-order valence-corrected chi connectivity index (χ1v) is 12.2. The maximum Gasteiger partial charge on any atom is 0.246 e. The highest BCUT2D eigenvalue weighted by molar-refractivity contribution is 7.89. The Balaban J connectivity index is 1.63. The van der Waals surface area contributed by atoms with E-state index in [2.05, 4.69) is 22.7 Å². The highest BCUT2D eigenvalue weighted by Gasteiger charge is 2.33. The van der Waals surface area contributed by atoms with Gasteiger partial charge in [0.05, 0.1) is 17.9 Å². The number of rotatable bonds is 7. The maximum atomic E-state index is 13.2. The fraction of sp³-hybridized carbons (Fsp3) is 0.500. The summed E-state index contributed by atoms with van der Waals surface area (Å²) in [6, 6.07) is 6.82. The number of nitrogens with zero attached hydrogens (tertiary/aromatic N) is 3. The van der Waals surface area contributed by atoms with Crippen LogP contribution in [0.1, 0.15) is 44.5 Å². The summed E-state index contributed by atoms with van der Waals surface area (Å²) >= 11 is 0. The van der Waals surface area contributed by atoms with E-state index in [4.69, 9.17) is 0 Å². The van der Waals surface area contributed by atoms with Gasteiger partial charge in [0.15, 0.2) is 0 Å². The molecule has 0 atom stereocenters. The van der Waals surface area contributed by atoms with Crippen LogP contribution in [0.2, 0.25) is 0 Å². The van der Waals surface area contributed by atoms with Gasteiger partial charge in [0.25, 0.3) is 0 Å². The molecule has 10 heteroatoms. The lowest BCUT2D eigenvalue weighted by Gasteiger charge is -2.29. The van der Waals surface area contributed by atoms with Crippen LogP contribution >= 0.6 is 0 Å². The number of aromatic nitrogens is 2. The van der Waals surface area contributed by atoms with Crippen LogP contribution in [0.25, 0.3) is 0 Å². The molecule has 1 aliphatic heterocycles. The van der Waals surface area contributed by atoms with Crippen molar-refractivity contribution >= 4 is 33.2 Å². The fourth-order valence-electron chi connectivity index (χ4n) is 3.90. The number of amides is 2. The van der Waals surface area contributed by atoms with Gasteiger partial charge in [-0.3, -0.25) is 14.3 Å². The number of hydrogen-bond donors (Lipinski definition) is 2. The Labute approximate surface area is 189 Å². The van der Waals surface area contributed by atoms with Crippen molar-refractivity contribution in [3.8, 4) is 0 Å². The van der Waals surface area contributed by atoms with Crippen molar-refractivity contribution < 1.29 is 18.0 Å². The van der Waals surface area contributed by atoms with Gasteiger partial charge in [0, 0.05) is 37.8 Å². The molecule has 1 aromatic carbocycles. The molecule has 1 fully saturated rings. The molecule has 32 heavy (non-hydrogen) atoms. The third-order valence-electron chi connectivity index (χ3n) is 5.70. The van der Waals surface area contributed by atoms with E-state index in [9.17, 15) is 18.0 Å². The number of anilines is 2. The summed E-state index contributed by atoms with van der Waals surface area (Å²) in [7, 11) is -3.61. The summed E-state index contributed by atoms with van der Waals surface area (Å²) in [6.45, 7) is 8.32. The number of piperidine rings is 1. The maximum absolute atomic E-state index is 13.2. The molecule has 2 N–H and O–H groups in total. The van der Waals surface area contributed by atoms with E-state index in [1.807, 2.05) is 0 Å². The number of carbonyl (C=O) groups is 2. The summed E-state index contributed by atoms with van der Waals surface area (Å²) in [5.74, 6) is 0.161. The minimum absolute atomic E-state index is 0.149. The lowest BCUT2D eigenvalue weighted by atomic mass is 10.0. The Morgan fingerprint density at radius 1 is 1.06 bits per heavy atom. The zero-order valence-corrected chi connectivity index (χ0v) is 19.8. The van der Waals surface area contributed by atoms with Crippen molar-refractivity contribution in [2.24, 2.45) is 5.92 Å². The first-order valence-electron chi connectivity index (χ1n) is 10.8. The van der Waals surface area contributed by atoms with Gasteiger partial charge in [-0.1, -0.05) is 6.92 Å². The number of sulfonamides is 1. The molecule has 9 nitrogen and oxygen atoms in total. The average molecular weight is 462 g/mol. The number of carbonyl (C=O) groups excluding carboxylic acids is 2. The zero-order valence-electron chi connectivity index (χ0n) is 19.0. The van der Waals surface area contributed by atoms with Crippen LogP contribution in [-0.4, -0.2) is 47.4 Å². The van der Waals surface area contributed by atoms with Crippen LogP contribution in [0.4, 0.5) is 11.4 Å². The molecule has 1 aliphatic rings. The van der Waals surface area contributed by atoms with Gasteiger partial charge in [-0.2, -0.15) is 9.40 Å². The van der Waals surface area contributed by atoms with Gasteiger partial charge >= 0.3 is 0 Å². The molecule has 174 valence electrons. The smallest absolute Gasteiger partial charge is 0.246 e. The third kappa shape index (κ3) is 5.55. The Kier molecular flexibility index (Phi) is 7.35. The molecule has 0 saturated carbocycles. The van der Waals surface area contributed by atoms with Crippen LogP contribution in [0, 0.1) is 19.8 Å². The molecule has 2 heterocycles. The van der Waals surface area contributed by atoms with Crippen molar-refractivity contribution in [3.63, 3.8) is 0 Å². The van der Waals surface area contributed by atoms with Crippen molar-refractivity contribution in [2.45, 2.75) is 58.4 Å². The highest BCUT2D eigenvalue weighted by atomic mass is 32.2. The second-order valence-electron chi connectivity index (χ2n) is 8.37. The summed E-state index contributed by atoms with van der Waals surface area (Å²) in [4.78, 5) is 23.7. The topological polar surface area (TPSA) is 113 Å². The molecule has 3 rings (SSSR count). The van der Waals surface area contributed by atoms with E-state index in [-0.39, 0.29) is 29.7 Å². The summed E-state index contributed by atoms with van der Waals surface area (Å²) in [5, 5.41) is 9.86. The standard InChI is InChI=1S/C22H31N5O4S/c1-15-9-12-26(13-10-15)32(30,31)22-16(2)25-27(17(22)3)14-11-21(29)24-20-7-5-19(6-8-20)23-18(4)28/h5-8,15H,9-14H2,1-4H3,(H,23,28)(H,24,29). The largest absolute Gasteiger partial charge is 0.326 e. The molecule has 1 aromatic heterocycles. The lowest BCUT2D eigenvalue weighted by molar-refractivity contribution is -0.116. The lowest BCUT2D eigenvalue weighted by Crippen LogP contribution is -2.38. The van der Waals surface area contributed by atoms with Gasteiger partial charge in [-0.05, 0) is 56.9 Å². The molecule has 2 amide bonds. The van der Waals surface area contributed by atoms with Crippen molar-refractivity contribution in [3.05, 3.63) is 35.7 Å². The quantitative estimate of drug-likeness (QED) is 0.658. The normalized spacial score (nSPS) is 15.5. The average Bonchev–Trinajstić information content (AvgIpc) is 3.01. The Morgan fingerprint density at radius 3 is 2.19 bits per heavy atom. The fourth-order valence-corrected chi connectivity index (χ4v) is 5.74. The van der Waals surface area contributed by atoms with E-state index in [0.29, 0.717) is 41.8 Å². The van der Waals surface area contributed by atoms with Crippen LogP contribution in [-0.2, 0) is 26.2 Å².